The quantitative estimate of drug-likeness (QED) is 0.257. The number of rotatable bonds is 0. The Balaban J connectivity index is 1.68. The number of ether oxygens (including phenoxy) is 2. The molecule has 2 heteroatoms. The van der Waals surface area contributed by atoms with Crippen LogP contribution in [0.4, 0.5) is 0 Å². The lowest BCUT2D eigenvalue weighted by atomic mass is 9.88. The van der Waals surface area contributed by atoms with Gasteiger partial charge in [0.1, 0.15) is 24.7 Å². The van der Waals surface area contributed by atoms with E-state index >= 15 is 0 Å². The third-order valence-electron chi connectivity index (χ3n) is 6.49. The van der Waals surface area contributed by atoms with Crippen molar-refractivity contribution < 1.29 is 9.47 Å². The monoisotopic (exact) mass is 416 g/mol. The van der Waals surface area contributed by atoms with Gasteiger partial charge in [-0.05, 0) is 93.0 Å². The van der Waals surface area contributed by atoms with Crippen LogP contribution in [0.3, 0.4) is 0 Å². The first-order valence-electron chi connectivity index (χ1n) is 11.1. The first-order valence-corrected chi connectivity index (χ1v) is 11.1. The zero-order valence-corrected chi connectivity index (χ0v) is 18.3. The highest BCUT2D eigenvalue weighted by molar-refractivity contribution is 6.08. The molecule has 32 heavy (non-hydrogen) atoms. The van der Waals surface area contributed by atoms with E-state index < -0.39 is 0 Å². The maximum absolute atomic E-state index is 6.20. The Hall–Kier alpha value is -3.78. The van der Waals surface area contributed by atoms with E-state index in [1.807, 2.05) is 0 Å². The van der Waals surface area contributed by atoms with Crippen molar-refractivity contribution in [1.82, 2.24) is 0 Å². The first kappa shape index (κ1) is 18.9. The van der Waals surface area contributed by atoms with Gasteiger partial charge in [-0.3, -0.25) is 0 Å². The third-order valence-corrected chi connectivity index (χ3v) is 6.49. The zero-order valence-electron chi connectivity index (χ0n) is 18.3. The highest BCUT2D eigenvalue weighted by Crippen LogP contribution is 2.41. The van der Waals surface area contributed by atoms with E-state index in [1.54, 1.807) is 0 Å². The van der Waals surface area contributed by atoms with Crippen LogP contribution < -0.4 is 9.47 Å². The van der Waals surface area contributed by atoms with Gasteiger partial charge in [0.2, 0.25) is 0 Å². The summed E-state index contributed by atoms with van der Waals surface area (Å²) >= 11 is 0. The molecule has 0 saturated heterocycles. The van der Waals surface area contributed by atoms with Crippen LogP contribution in [0.2, 0.25) is 0 Å². The summed E-state index contributed by atoms with van der Waals surface area (Å²) in [5, 5.41) is 4.86. The maximum Gasteiger partial charge on any atom is 0.120 e. The van der Waals surface area contributed by atoms with Crippen LogP contribution in [0.25, 0.3) is 32.7 Å². The molecule has 2 aliphatic rings. The van der Waals surface area contributed by atoms with Crippen molar-refractivity contribution in [2.75, 3.05) is 0 Å². The summed E-state index contributed by atoms with van der Waals surface area (Å²) in [5.74, 6) is 1.78. The Kier molecular flexibility index (Phi) is 4.39. The summed E-state index contributed by atoms with van der Waals surface area (Å²) in [4.78, 5) is 0. The average molecular weight is 417 g/mol. The van der Waals surface area contributed by atoms with Gasteiger partial charge in [0.05, 0.1) is 0 Å². The lowest BCUT2D eigenvalue weighted by Crippen LogP contribution is -1.99. The second kappa shape index (κ2) is 7.42. The van der Waals surface area contributed by atoms with Gasteiger partial charge in [0, 0.05) is 0 Å². The van der Waals surface area contributed by atoms with E-state index in [9.17, 15) is 0 Å². The lowest BCUT2D eigenvalue weighted by Gasteiger charge is -2.18. The van der Waals surface area contributed by atoms with Crippen molar-refractivity contribution in [3.63, 3.8) is 0 Å². The van der Waals surface area contributed by atoms with E-state index in [4.69, 9.17) is 9.47 Å². The number of aryl methyl sites for hydroxylation is 2. The predicted octanol–water partition coefficient (Wildman–Crippen LogP) is 7.75. The molecule has 0 N–H and O–H groups in total. The molecule has 5 aromatic rings. The molecule has 0 spiro atoms. The van der Waals surface area contributed by atoms with Crippen LogP contribution in [0.5, 0.6) is 11.5 Å². The summed E-state index contributed by atoms with van der Waals surface area (Å²) in [6, 6.07) is 30.1. The Bertz CT molecular complexity index is 1370. The number of hydrogen-bond donors (Lipinski definition) is 0. The van der Waals surface area contributed by atoms with E-state index in [0.717, 1.165) is 22.6 Å². The van der Waals surface area contributed by atoms with Crippen LogP contribution in [0.1, 0.15) is 22.3 Å². The molecular formula is C30H24O2. The molecule has 2 heterocycles. The maximum atomic E-state index is 6.20. The Morgan fingerprint density at radius 1 is 0.500 bits per heavy atom. The molecule has 156 valence electrons. The standard InChI is InChI=1S/C30H24O2/c1-19-3-9-23-11-13-25-15-27(23)29(19)30-20(2)4-10-24-12-14-26(16-28(24)30)32-18-22-7-5-21(6-8-22)17-31-25/h3-16H,17-18H2,1-2H3. The van der Waals surface area contributed by atoms with Crippen molar-refractivity contribution in [2.45, 2.75) is 27.1 Å². The Labute approximate surface area is 188 Å². The second-order valence-corrected chi connectivity index (χ2v) is 8.67. The van der Waals surface area contributed by atoms with E-state index in [1.165, 1.54) is 43.8 Å². The number of fused-ring (bicyclic) bond motifs is 4. The molecule has 0 saturated carbocycles. The van der Waals surface area contributed by atoms with Gasteiger partial charge in [-0.15, -0.1) is 0 Å². The largest absolute Gasteiger partial charge is 0.489 e. The fourth-order valence-electron chi connectivity index (χ4n) is 4.72. The molecule has 0 aromatic heterocycles. The van der Waals surface area contributed by atoms with Crippen LogP contribution in [0.15, 0.2) is 84.9 Å². The van der Waals surface area contributed by atoms with Crippen LogP contribution in [0, 0.1) is 13.8 Å². The molecule has 2 nitrogen and oxygen atoms in total. The molecular weight excluding hydrogens is 392 g/mol. The van der Waals surface area contributed by atoms with Gasteiger partial charge in [-0.1, -0.05) is 60.7 Å². The van der Waals surface area contributed by atoms with E-state index in [-0.39, 0.29) is 0 Å². The van der Waals surface area contributed by atoms with Crippen LogP contribution in [-0.4, -0.2) is 0 Å². The van der Waals surface area contributed by atoms with Gasteiger partial charge < -0.3 is 9.47 Å². The molecule has 0 unspecified atom stereocenters. The lowest BCUT2D eigenvalue weighted by molar-refractivity contribution is 0.303. The topological polar surface area (TPSA) is 18.5 Å². The zero-order chi connectivity index (χ0) is 21.7. The molecule has 5 aromatic carbocycles. The minimum atomic E-state index is 0.543. The highest BCUT2D eigenvalue weighted by Gasteiger charge is 2.15. The molecule has 0 aliphatic carbocycles. The third kappa shape index (κ3) is 3.20. The van der Waals surface area contributed by atoms with Gasteiger partial charge in [0.15, 0.2) is 0 Å². The summed E-state index contributed by atoms with van der Waals surface area (Å²) in [7, 11) is 0. The summed E-state index contributed by atoms with van der Waals surface area (Å²) < 4.78 is 12.4. The fourth-order valence-corrected chi connectivity index (χ4v) is 4.72. The Morgan fingerprint density at radius 2 is 0.906 bits per heavy atom. The smallest absolute Gasteiger partial charge is 0.120 e. The minimum Gasteiger partial charge on any atom is -0.489 e. The predicted molar refractivity (Wildman–Crippen MR) is 131 cm³/mol. The highest BCUT2D eigenvalue weighted by atomic mass is 16.5. The SMILES string of the molecule is Cc1ccc2ccc3cc2c1-c1c(C)ccc2ccc(cc12)OCc1ccc(cc1)CO3. The summed E-state index contributed by atoms with van der Waals surface area (Å²) in [5.41, 5.74) is 7.34. The number of hydrogen-bond acceptors (Lipinski definition) is 2. The molecule has 0 fully saturated rings. The van der Waals surface area contributed by atoms with E-state index in [0.29, 0.717) is 13.2 Å². The molecule has 0 amide bonds. The minimum absolute atomic E-state index is 0.543. The van der Waals surface area contributed by atoms with Crippen molar-refractivity contribution in [1.29, 1.82) is 0 Å². The first-order chi connectivity index (χ1) is 15.7. The fraction of sp³-hybridized carbons (Fsp3) is 0.133. The normalized spacial score (nSPS) is 12.9. The number of benzene rings is 5. The van der Waals surface area contributed by atoms with Crippen LogP contribution >= 0.6 is 0 Å². The van der Waals surface area contributed by atoms with Crippen LogP contribution in [-0.2, 0) is 13.2 Å². The molecule has 0 atom stereocenters. The van der Waals surface area contributed by atoms with E-state index in [2.05, 4.69) is 98.8 Å². The molecule has 0 radical (unpaired) electrons. The summed E-state index contributed by atoms with van der Waals surface area (Å²) in [6.45, 7) is 5.48. The van der Waals surface area contributed by atoms with Crippen molar-refractivity contribution >= 4 is 21.5 Å². The van der Waals surface area contributed by atoms with Crippen molar-refractivity contribution in [3.8, 4) is 22.6 Å². The second-order valence-electron chi connectivity index (χ2n) is 8.67. The van der Waals surface area contributed by atoms with Gasteiger partial charge in [-0.25, -0.2) is 0 Å². The average Bonchev–Trinajstić information content (AvgIpc) is 2.82. The molecule has 2 aliphatic heterocycles. The van der Waals surface area contributed by atoms with Gasteiger partial charge >= 0.3 is 0 Å². The van der Waals surface area contributed by atoms with Gasteiger partial charge in [0.25, 0.3) is 0 Å². The van der Waals surface area contributed by atoms with Gasteiger partial charge in [-0.2, -0.15) is 0 Å². The molecule has 7 rings (SSSR count). The van der Waals surface area contributed by atoms with Crippen molar-refractivity contribution in [3.05, 3.63) is 107 Å². The Morgan fingerprint density at radius 3 is 1.34 bits per heavy atom. The van der Waals surface area contributed by atoms with Crippen molar-refractivity contribution in [2.24, 2.45) is 0 Å². The summed E-state index contributed by atoms with van der Waals surface area (Å²) in [6.07, 6.45) is 0. The molecule has 6 bridgehead atoms.